The summed E-state index contributed by atoms with van der Waals surface area (Å²) in [4.78, 5) is 14.8. The number of carbonyl (C=O) groups is 1. The first-order valence-corrected chi connectivity index (χ1v) is 9.80. The quantitative estimate of drug-likeness (QED) is 0.692. The molecule has 4 rings (SSSR count). The van der Waals surface area contributed by atoms with Gasteiger partial charge in [-0.3, -0.25) is 4.79 Å². The SMILES string of the molecule is CC(C)Oc1ccc(Nc2ccc(C(=O)N3c4ccccc4CC3C)nn2)cc1. The predicted molar refractivity (Wildman–Crippen MR) is 114 cm³/mol. The molecule has 1 amide bonds. The largest absolute Gasteiger partial charge is 0.491 e. The number of ether oxygens (including phenoxy) is 1. The molecule has 0 saturated carbocycles. The molecule has 1 aromatic heterocycles. The summed E-state index contributed by atoms with van der Waals surface area (Å²) >= 11 is 0. The fraction of sp³-hybridized carbons (Fsp3) is 0.261. The molecule has 2 aromatic carbocycles. The Balaban J connectivity index is 1.46. The molecule has 6 nitrogen and oxygen atoms in total. The Labute approximate surface area is 170 Å². The highest BCUT2D eigenvalue weighted by atomic mass is 16.5. The molecule has 148 valence electrons. The zero-order chi connectivity index (χ0) is 20.4. The van der Waals surface area contributed by atoms with Gasteiger partial charge in [-0.25, -0.2) is 0 Å². The van der Waals surface area contributed by atoms with Crippen LogP contribution < -0.4 is 15.0 Å². The fourth-order valence-electron chi connectivity index (χ4n) is 3.55. The van der Waals surface area contributed by atoms with E-state index in [2.05, 4.69) is 21.6 Å². The van der Waals surface area contributed by atoms with Gasteiger partial charge in [0.1, 0.15) is 5.75 Å². The molecule has 29 heavy (non-hydrogen) atoms. The molecule has 3 aromatic rings. The van der Waals surface area contributed by atoms with E-state index < -0.39 is 0 Å². The Bertz CT molecular complexity index is 1000. The van der Waals surface area contributed by atoms with Crippen LogP contribution in [0.15, 0.2) is 60.7 Å². The van der Waals surface area contributed by atoms with Crippen LogP contribution in [-0.2, 0) is 6.42 Å². The predicted octanol–water partition coefficient (Wildman–Crippen LogP) is 4.60. The lowest BCUT2D eigenvalue weighted by Gasteiger charge is -2.22. The molecule has 1 N–H and O–H groups in total. The van der Waals surface area contributed by atoms with E-state index in [9.17, 15) is 4.79 Å². The van der Waals surface area contributed by atoms with Gasteiger partial charge in [0.2, 0.25) is 0 Å². The van der Waals surface area contributed by atoms with Gasteiger partial charge >= 0.3 is 0 Å². The Morgan fingerprint density at radius 2 is 1.83 bits per heavy atom. The maximum absolute atomic E-state index is 13.0. The Kier molecular flexibility index (Phi) is 5.16. The highest BCUT2D eigenvalue weighted by Gasteiger charge is 2.31. The maximum atomic E-state index is 13.0. The van der Waals surface area contributed by atoms with Crippen LogP contribution in [0.1, 0.15) is 36.8 Å². The van der Waals surface area contributed by atoms with Gasteiger partial charge in [-0.15, -0.1) is 10.2 Å². The number of aromatic nitrogens is 2. The van der Waals surface area contributed by atoms with Crippen molar-refractivity contribution in [3.05, 3.63) is 71.9 Å². The number of fused-ring (bicyclic) bond motifs is 1. The van der Waals surface area contributed by atoms with Crippen LogP contribution in [0.2, 0.25) is 0 Å². The molecular formula is C23H24N4O2. The van der Waals surface area contributed by atoms with Gasteiger partial charge in [-0.2, -0.15) is 0 Å². The lowest BCUT2D eigenvalue weighted by molar-refractivity contribution is 0.0975. The first-order valence-electron chi connectivity index (χ1n) is 9.80. The molecule has 1 atom stereocenters. The number of hydrogen-bond acceptors (Lipinski definition) is 5. The molecule has 2 heterocycles. The summed E-state index contributed by atoms with van der Waals surface area (Å²) in [6.07, 6.45) is 0.987. The summed E-state index contributed by atoms with van der Waals surface area (Å²) < 4.78 is 5.65. The number of benzene rings is 2. The van der Waals surface area contributed by atoms with Crippen LogP contribution in [0.3, 0.4) is 0 Å². The summed E-state index contributed by atoms with van der Waals surface area (Å²) in [5, 5.41) is 11.5. The number of nitrogens with one attached hydrogen (secondary N) is 1. The van der Waals surface area contributed by atoms with Gasteiger partial charge < -0.3 is 15.0 Å². The van der Waals surface area contributed by atoms with Crippen molar-refractivity contribution in [1.29, 1.82) is 0 Å². The van der Waals surface area contributed by atoms with Gasteiger partial charge in [-0.1, -0.05) is 18.2 Å². The van der Waals surface area contributed by atoms with Crippen molar-refractivity contribution in [2.75, 3.05) is 10.2 Å². The van der Waals surface area contributed by atoms with E-state index in [1.165, 1.54) is 5.56 Å². The second kappa shape index (κ2) is 7.91. The summed E-state index contributed by atoms with van der Waals surface area (Å²) in [6, 6.07) is 19.2. The third-order valence-electron chi connectivity index (χ3n) is 4.81. The number of amides is 1. The zero-order valence-corrected chi connectivity index (χ0v) is 16.8. The van der Waals surface area contributed by atoms with Crippen LogP contribution in [0, 0.1) is 0 Å². The number of nitrogens with zero attached hydrogens (tertiary/aromatic N) is 3. The Morgan fingerprint density at radius 1 is 1.07 bits per heavy atom. The number of carbonyl (C=O) groups excluding carboxylic acids is 1. The first kappa shape index (κ1) is 18.9. The van der Waals surface area contributed by atoms with Crippen LogP contribution in [0.25, 0.3) is 0 Å². The molecule has 1 aliphatic rings. The standard InChI is InChI=1S/C23H24N4O2/c1-15(2)29-19-10-8-18(9-11-19)24-22-13-12-20(25-26-22)23(28)27-16(3)14-17-6-4-5-7-21(17)27/h4-13,15-16H,14H2,1-3H3,(H,24,26). The summed E-state index contributed by atoms with van der Waals surface area (Å²) in [5.41, 5.74) is 3.35. The van der Waals surface area contributed by atoms with E-state index in [1.54, 1.807) is 17.0 Å². The van der Waals surface area contributed by atoms with Crippen LogP contribution in [0.5, 0.6) is 5.75 Å². The van der Waals surface area contributed by atoms with E-state index in [0.717, 1.165) is 23.5 Å². The molecule has 1 unspecified atom stereocenters. The first-order chi connectivity index (χ1) is 14.0. The van der Waals surface area contributed by atoms with Gasteiger partial charge in [0, 0.05) is 17.4 Å². The second-order valence-electron chi connectivity index (χ2n) is 7.48. The topological polar surface area (TPSA) is 67.3 Å². The fourth-order valence-corrected chi connectivity index (χ4v) is 3.55. The van der Waals surface area contributed by atoms with Gasteiger partial charge in [0.25, 0.3) is 5.91 Å². The number of rotatable bonds is 5. The van der Waals surface area contributed by atoms with Gasteiger partial charge in [0.15, 0.2) is 11.5 Å². The van der Waals surface area contributed by atoms with Gasteiger partial charge in [0.05, 0.1) is 6.10 Å². The molecule has 0 bridgehead atoms. The summed E-state index contributed by atoms with van der Waals surface area (Å²) in [7, 11) is 0. The monoisotopic (exact) mass is 388 g/mol. The lowest BCUT2D eigenvalue weighted by atomic mass is 10.1. The molecule has 0 radical (unpaired) electrons. The average Bonchev–Trinajstić information content (AvgIpc) is 3.05. The third kappa shape index (κ3) is 4.06. The highest BCUT2D eigenvalue weighted by molar-refractivity contribution is 6.06. The van der Waals surface area contributed by atoms with Crippen molar-refractivity contribution in [3.8, 4) is 5.75 Å². The zero-order valence-electron chi connectivity index (χ0n) is 16.8. The van der Waals surface area contributed by atoms with Crippen LogP contribution in [-0.4, -0.2) is 28.3 Å². The molecular weight excluding hydrogens is 364 g/mol. The summed E-state index contributed by atoms with van der Waals surface area (Å²) in [5.74, 6) is 1.27. The van der Waals surface area contributed by atoms with Crippen molar-refractivity contribution in [3.63, 3.8) is 0 Å². The van der Waals surface area contributed by atoms with Crippen LogP contribution >= 0.6 is 0 Å². The normalized spacial score (nSPS) is 15.3. The van der Waals surface area contributed by atoms with E-state index in [1.807, 2.05) is 63.2 Å². The molecule has 0 aliphatic carbocycles. The Hall–Kier alpha value is -3.41. The second-order valence-corrected chi connectivity index (χ2v) is 7.48. The molecule has 0 spiro atoms. The maximum Gasteiger partial charge on any atom is 0.279 e. The van der Waals surface area contributed by atoms with Crippen molar-refractivity contribution in [1.82, 2.24) is 10.2 Å². The molecule has 1 aliphatic heterocycles. The minimum atomic E-state index is -0.128. The Morgan fingerprint density at radius 3 is 2.52 bits per heavy atom. The van der Waals surface area contributed by atoms with Gasteiger partial charge in [-0.05, 0) is 75.2 Å². The minimum Gasteiger partial charge on any atom is -0.491 e. The van der Waals surface area contributed by atoms with E-state index in [-0.39, 0.29) is 18.1 Å². The summed E-state index contributed by atoms with van der Waals surface area (Å²) in [6.45, 7) is 6.03. The van der Waals surface area contributed by atoms with Crippen molar-refractivity contribution in [2.24, 2.45) is 0 Å². The lowest BCUT2D eigenvalue weighted by Crippen LogP contribution is -2.36. The molecule has 0 saturated heterocycles. The van der Waals surface area contributed by atoms with Crippen molar-refractivity contribution < 1.29 is 9.53 Å². The minimum absolute atomic E-state index is 0.103. The van der Waals surface area contributed by atoms with Crippen molar-refractivity contribution >= 4 is 23.1 Å². The van der Waals surface area contributed by atoms with E-state index >= 15 is 0 Å². The molecule has 6 heteroatoms. The third-order valence-corrected chi connectivity index (χ3v) is 4.81. The number of hydrogen-bond donors (Lipinski definition) is 1. The van der Waals surface area contributed by atoms with E-state index in [4.69, 9.17) is 4.74 Å². The highest BCUT2D eigenvalue weighted by Crippen LogP contribution is 2.32. The number of anilines is 3. The van der Waals surface area contributed by atoms with Crippen LogP contribution in [0.4, 0.5) is 17.2 Å². The smallest absolute Gasteiger partial charge is 0.279 e. The van der Waals surface area contributed by atoms with E-state index in [0.29, 0.717) is 11.5 Å². The van der Waals surface area contributed by atoms with Crippen molar-refractivity contribution in [2.45, 2.75) is 39.3 Å². The number of para-hydroxylation sites is 1. The average molecular weight is 388 g/mol. The molecule has 0 fully saturated rings.